The van der Waals surface area contributed by atoms with Gasteiger partial charge in [-0.15, -0.1) is 0 Å². The number of Topliss-reactive ketones (excluding diaryl/α,β-unsaturated/α-hetero) is 1. The molecule has 0 spiro atoms. The summed E-state index contributed by atoms with van der Waals surface area (Å²) in [5.74, 6) is 1.66. The van der Waals surface area contributed by atoms with Crippen molar-refractivity contribution >= 4 is 16.7 Å². The van der Waals surface area contributed by atoms with Crippen LogP contribution in [-0.2, 0) is 24.2 Å². The van der Waals surface area contributed by atoms with Crippen LogP contribution in [0.4, 0.5) is 0 Å². The summed E-state index contributed by atoms with van der Waals surface area (Å²) in [6.07, 6.45) is 11.5. The Morgan fingerprint density at radius 3 is 2.76 bits per heavy atom. The van der Waals surface area contributed by atoms with Gasteiger partial charge in [0.2, 0.25) is 0 Å². The van der Waals surface area contributed by atoms with Crippen LogP contribution in [0, 0.1) is 5.92 Å². The number of carbonyl (C=O) groups is 1. The molecular weight excluding hydrogens is 362 g/mol. The molecule has 0 amide bonds. The predicted molar refractivity (Wildman–Crippen MR) is 113 cm³/mol. The Bertz CT molecular complexity index is 1050. The second-order valence-electron chi connectivity index (χ2n) is 8.48. The van der Waals surface area contributed by atoms with Gasteiger partial charge in [0, 0.05) is 48.1 Å². The molecule has 150 valence electrons. The zero-order chi connectivity index (χ0) is 19.8. The summed E-state index contributed by atoms with van der Waals surface area (Å²) < 4.78 is 2.32. The van der Waals surface area contributed by atoms with Crippen molar-refractivity contribution < 1.29 is 4.79 Å². The molecule has 1 saturated heterocycles. The highest BCUT2D eigenvalue weighted by molar-refractivity contribution is 5.86. The SMILES string of the molecule is CN1CCC(C(=O)Cc2cc3cc(-c4cnc5n4CCCC5)cnc3cn2)CC1. The lowest BCUT2D eigenvalue weighted by Gasteiger charge is -2.27. The number of likely N-dealkylation sites (tertiary alicyclic amines) is 1. The molecule has 1 fully saturated rings. The van der Waals surface area contributed by atoms with E-state index in [1.807, 2.05) is 18.5 Å². The van der Waals surface area contributed by atoms with E-state index in [2.05, 4.69) is 37.5 Å². The van der Waals surface area contributed by atoms with Gasteiger partial charge in [-0.2, -0.15) is 0 Å². The van der Waals surface area contributed by atoms with Crippen LogP contribution in [0.5, 0.6) is 0 Å². The molecule has 29 heavy (non-hydrogen) atoms. The minimum absolute atomic E-state index is 0.173. The molecule has 0 aliphatic carbocycles. The van der Waals surface area contributed by atoms with Crippen molar-refractivity contribution in [2.24, 2.45) is 5.92 Å². The Balaban J connectivity index is 1.40. The van der Waals surface area contributed by atoms with Crippen molar-refractivity contribution in [2.45, 2.75) is 45.1 Å². The molecule has 0 aromatic carbocycles. The lowest BCUT2D eigenvalue weighted by atomic mass is 9.90. The van der Waals surface area contributed by atoms with Crippen molar-refractivity contribution in [3.8, 4) is 11.3 Å². The molecule has 0 atom stereocenters. The van der Waals surface area contributed by atoms with E-state index in [0.717, 1.165) is 66.8 Å². The van der Waals surface area contributed by atoms with Crippen LogP contribution in [0.15, 0.2) is 30.7 Å². The van der Waals surface area contributed by atoms with E-state index in [4.69, 9.17) is 0 Å². The summed E-state index contributed by atoms with van der Waals surface area (Å²) >= 11 is 0. The molecule has 5 heterocycles. The van der Waals surface area contributed by atoms with E-state index in [-0.39, 0.29) is 5.92 Å². The normalized spacial score (nSPS) is 18.1. The van der Waals surface area contributed by atoms with Crippen molar-refractivity contribution in [3.63, 3.8) is 0 Å². The van der Waals surface area contributed by atoms with Gasteiger partial charge in [0.15, 0.2) is 0 Å². The number of hydrogen-bond donors (Lipinski definition) is 0. The van der Waals surface area contributed by atoms with E-state index in [1.54, 1.807) is 6.20 Å². The van der Waals surface area contributed by atoms with Crippen LogP contribution in [0.3, 0.4) is 0 Å². The largest absolute Gasteiger partial charge is 0.328 e. The number of fused-ring (bicyclic) bond motifs is 2. The van der Waals surface area contributed by atoms with Gasteiger partial charge in [-0.3, -0.25) is 14.8 Å². The third-order valence-corrected chi connectivity index (χ3v) is 6.42. The lowest BCUT2D eigenvalue weighted by Crippen LogP contribution is -2.34. The van der Waals surface area contributed by atoms with E-state index in [0.29, 0.717) is 12.2 Å². The number of hydrogen-bond acceptors (Lipinski definition) is 5. The first kappa shape index (κ1) is 18.4. The van der Waals surface area contributed by atoms with Crippen LogP contribution < -0.4 is 0 Å². The fraction of sp³-hybridized carbons (Fsp3) is 0.478. The highest BCUT2D eigenvalue weighted by Gasteiger charge is 2.23. The van der Waals surface area contributed by atoms with Gasteiger partial charge in [-0.1, -0.05) is 0 Å². The van der Waals surface area contributed by atoms with Crippen LogP contribution in [0.25, 0.3) is 22.2 Å². The number of aryl methyl sites for hydroxylation is 1. The van der Waals surface area contributed by atoms with Crippen LogP contribution >= 0.6 is 0 Å². The molecular formula is C23H27N5O. The Hall–Kier alpha value is -2.60. The molecule has 3 aromatic rings. The lowest BCUT2D eigenvalue weighted by molar-refractivity contribution is -0.123. The van der Waals surface area contributed by atoms with Crippen molar-refractivity contribution in [1.29, 1.82) is 0 Å². The van der Waals surface area contributed by atoms with E-state index < -0.39 is 0 Å². The van der Waals surface area contributed by atoms with Crippen LogP contribution in [0.2, 0.25) is 0 Å². The summed E-state index contributed by atoms with van der Waals surface area (Å²) in [7, 11) is 2.12. The Kier molecular flexibility index (Phi) is 4.87. The fourth-order valence-electron chi connectivity index (χ4n) is 4.61. The van der Waals surface area contributed by atoms with Gasteiger partial charge < -0.3 is 9.47 Å². The second kappa shape index (κ2) is 7.67. The molecule has 0 N–H and O–H groups in total. The highest BCUT2D eigenvalue weighted by atomic mass is 16.1. The number of nitrogens with zero attached hydrogens (tertiary/aromatic N) is 5. The third kappa shape index (κ3) is 3.69. The number of ketones is 1. The van der Waals surface area contributed by atoms with E-state index >= 15 is 0 Å². The topological polar surface area (TPSA) is 63.9 Å². The Labute approximate surface area is 171 Å². The average Bonchev–Trinajstić information content (AvgIpc) is 3.18. The molecule has 0 radical (unpaired) electrons. The third-order valence-electron chi connectivity index (χ3n) is 6.42. The summed E-state index contributed by atoms with van der Waals surface area (Å²) in [6.45, 7) is 3.03. The maximum atomic E-state index is 12.7. The van der Waals surface area contributed by atoms with Crippen molar-refractivity contribution in [1.82, 2.24) is 24.4 Å². The highest BCUT2D eigenvalue weighted by Crippen LogP contribution is 2.27. The molecule has 6 nitrogen and oxygen atoms in total. The molecule has 0 bridgehead atoms. The first-order valence-electron chi connectivity index (χ1n) is 10.7. The summed E-state index contributed by atoms with van der Waals surface area (Å²) in [4.78, 5) is 28.8. The van der Waals surface area contributed by atoms with E-state index in [9.17, 15) is 4.79 Å². The quantitative estimate of drug-likeness (QED) is 0.685. The maximum absolute atomic E-state index is 12.7. The zero-order valence-corrected chi connectivity index (χ0v) is 17.0. The van der Waals surface area contributed by atoms with Gasteiger partial charge in [-0.05, 0) is 58.0 Å². The number of piperidine rings is 1. The average molecular weight is 390 g/mol. The van der Waals surface area contributed by atoms with Gasteiger partial charge in [0.1, 0.15) is 11.6 Å². The Morgan fingerprint density at radius 2 is 1.90 bits per heavy atom. The second-order valence-corrected chi connectivity index (χ2v) is 8.48. The number of rotatable bonds is 4. The predicted octanol–water partition coefficient (Wildman–Crippen LogP) is 3.28. The van der Waals surface area contributed by atoms with Crippen molar-refractivity contribution in [3.05, 3.63) is 42.2 Å². The first-order valence-corrected chi connectivity index (χ1v) is 10.7. The molecule has 0 saturated carbocycles. The smallest absolute Gasteiger partial charge is 0.142 e. The summed E-state index contributed by atoms with van der Waals surface area (Å²) in [5.41, 5.74) is 3.92. The minimum atomic E-state index is 0.173. The van der Waals surface area contributed by atoms with Crippen LogP contribution in [0.1, 0.15) is 37.2 Å². The Morgan fingerprint density at radius 1 is 1.03 bits per heavy atom. The summed E-state index contributed by atoms with van der Waals surface area (Å²) in [5, 5.41) is 1.04. The molecule has 6 heteroatoms. The maximum Gasteiger partial charge on any atom is 0.142 e. The number of pyridine rings is 2. The minimum Gasteiger partial charge on any atom is -0.328 e. The number of carbonyl (C=O) groups excluding carboxylic acids is 1. The zero-order valence-electron chi connectivity index (χ0n) is 17.0. The molecule has 3 aromatic heterocycles. The first-order chi connectivity index (χ1) is 14.2. The standard InChI is InChI=1S/C23H27N5O/c1-27-8-5-16(6-9-27)22(29)12-19-11-17-10-18(13-25-20(17)14-24-19)21-15-26-23-4-2-3-7-28(21)23/h10-11,13-16H,2-9,12H2,1H3. The van der Waals surface area contributed by atoms with Gasteiger partial charge in [0.05, 0.1) is 23.6 Å². The van der Waals surface area contributed by atoms with Gasteiger partial charge in [0.25, 0.3) is 0 Å². The molecule has 2 aliphatic heterocycles. The van der Waals surface area contributed by atoms with Crippen molar-refractivity contribution in [2.75, 3.05) is 20.1 Å². The van der Waals surface area contributed by atoms with E-state index in [1.165, 1.54) is 18.7 Å². The van der Waals surface area contributed by atoms with Crippen LogP contribution in [-0.4, -0.2) is 50.3 Å². The molecule has 0 unspecified atom stereocenters. The number of aromatic nitrogens is 4. The fourth-order valence-corrected chi connectivity index (χ4v) is 4.61. The number of imidazole rings is 1. The van der Waals surface area contributed by atoms with Gasteiger partial charge >= 0.3 is 0 Å². The molecule has 5 rings (SSSR count). The molecule has 2 aliphatic rings. The van der Waals surface area contributed by atoms with Gasteiger partial charge in [-0.25, -0.2) is 4.98 Å². The summed E-state index contributed by atoms with van der Waals surface area (Å²) in [6, 6.07) is 4.19. The monoisotopic (exact) mass is 389 g/mol.